The van der Waals surface area contributed by atoms with E-state index in [4.69, 9.17) is 0 Å². The van der Waals surface area contributed by atoms with Crippen molar-refractivity contribution in [3.63, 3.8) is 0 Å². The number of hydrogen-bond acceptors (Lipinski definition) is 6. The molecule has 0 bridgehead atoms. The number of carbonyl (C=O) groups excluding carboxylic acids is 2. The fraction of sp³-hybridized carbons (Fsp3) is 0.500. The number of nitrogens with zero attached hydrogens (tertiary/aromatic N) is 5. The van der Waals surface area contributed by atoms with Gasteiger partial charge >= 0.3 is 0 Å². The van der Waals surface area contributed by atoms with Gasteiger partial charge in [-0.15, -0.1) is 11.3 Å². The van der Waals surface area contributed by atoms with Crippen LogP contribution in [-0.4, -0.2) is 68.0 Å². The molecule has 2 aromatic heterocycles. The summed E-state index contributed by atoms with van der Waals surface area (Å²) in [4.78, 5) is 37.2. The minimum atomic E-state index is -0.171. The summed E-state index contributed by atoms with van der Waals surface area (Å²) in [6.45, 7) is 4.11. The average Bonchev–Trinajstić information content (AvgIpc) is 3.24. The number of H-pyrrole nitrogens is 1. The topological polar surface area (TPSA) is 95.1 Å². The molecule has 122 valence electrons. The first-order chi connectivity index (χ1) is 11.1. The fourth-order valence-electron chi connectivity index (χ4n) is 2.56. The molecule has 2 amide bonds. The first kappa shape index (κ1) is 15.6. The molecular weight excluding hydrogens is 316 g/mol. The third-order valence-electron chi connectivity index (χ3n) is 3.95. The Labute approximate surface area is 137 Å². The number of amides is 2. The molecule has 0 spiro atoms. The summed E-state index contributed by atoms with van der Waals surface area (Å²) in [7, 11) is 0. The van der Waals surface area contributed by atoms with E-state index >= 15 is 0 Å². The second kappa shape index (κ2) is 6.86. The maximum absolute atomic E-state index is 12.3. The van der Waals surface area contributed by atoms with Gasteiger partial charge in [0.1, 0.15) is 6.33 Å². The smallest absolute Gasteiger partial charge is 0.291 e. The van der Waals surface area contributed by atoms with Gasteiger partial charge in [0.05, 0.1) is 11.2 Å². The van der Waals surface area contributed by atoms with Gasteiger partial charge in [0, 0.05) is 37.5 Å². The Morgan fingerprint density at radius 1 is 1.22 bits per heavy atom. The molecule has 0 unspecified atom stereocenters. The van der Waals surface area contributed by atoms with Crippen molar-refractivity contribution in [2.75, 3.05) is 26.2 Å². The van der Waals surface area contributed by atoms with E-state index in [0.29, 0.717) is 32.6 Å². The maximum Gasteiger partial charge on any atom is 0.291 e. The predicted molar refractivity (Wildman–Crippen MR) is 84.0 cm³/mol. The molecule has 0 radical (unpaired) electrons. The second-order valence-corrected chi connectivity index (χ2v) is 6.31. The van der Waals surface area contributed by atoms with E-state index < -0.39 is 0 Å². The van der Waals surface area contributed by atoms with Crippen LogP contribution in [0.25, 0.3) is 0 Å². The molecule has 0 aliphatic carbocycles. The highest BCUT2D eigenvalue weighted by atomic mass is 32.1. The Kier molecular flexibility index (Phi) is 4.65. The van der Waals surface area contributed by atoms with Crippen LogP contribution < -0.4 is 0 Å². The normalized spacial score (nSPS) is 15.0. The second-order valence-electron chi connectivity index (χ2n) is 5.37. The molecule has 1 fully saturated rings. The number of rotatable bonds is 4. The Bertz CT molecular complexity index is 675. The Balaban J connectivity index is 1.47. The SMILES string of the molecule is Cc1ncsc1CCC(=O)N1CCN(C(=O)c2ncn[nH]2)CC1. The van der Waals surface area contributed by atoms with Crippen molar-refractivity contribution in [3.05, 3.63) is 28.2 Å². The highest BCUT2D eigenvalue weighted by Gasteiger charge is 2.26. The Morgan fingerprint density at radius 3 is 2.57 bits per heavy atom. The van der Waals surface area contributed by atoms with Crippen molar-refractivity contribution in [1.29, 1.82) is 0 Å². The zero-order valence-electron chi connectivity index (χ0n) is 12.9. The van der Waals surface area contributed by atoms with Gasteiger partial charge in [-0.2, -0.15) is 5.10 Å². The van der Waals surface area contributed by atoms with Gasteiger partial charge in [0.25, 0.3) is 5.91 Å². The zero-order valence-corrected chi connectivity index (χ0v) is 13.7. The molecule has 3 rings (SSSR count). The summed E-state index contributed by atoms with van der Waals surface area (Å²) in [5.74, 6) is 0.199. The minimum absolute atomic E-state index is 0.129. The molecule has 1 aliphatic heterocycles. The third kappa shape index (κ3) is 3.55. The van der Waals surface area contributed by atoms with E-state index in [9.17, 15) is 9.59 Å². The van der Waals surface area contributed by atoms with Crippen molar-refractivity contribution in [1.82, 2.24) is 30.0 Å². The number of carbonyl (C=O) groups is 2. The highest BCUT2D eigenvalue weighted by molar-refractivity contribution is 7.09. The summed E-state index contributed by atoms with van der Waals surface area (Å²) in [6, 6.07) is 0. The van der Waals surface area contributed by atoms with Crippen LogP contribution >= 0.6 is 11.3 Å². The molecule has 1 aliphatic rings. The fourth-order valence-corrected chi connectivity index (χ4v) is 3.34. The number of aromatic nitrogens is 4. The van der Waals surface area contributed by atoms with E-state index in [1.807, 2.05) is 17.3 Å². The van der Waals surface area contributed by atoms with E-state index in [1.165, 1.54) is 6.33 Å². The molecule has 2 aromatic rings. The number of aromatic amines is 1. The maximum atomic E-state index is 12.3. The molecule has 8 nitrogen and oxygen atoms in total. The number of thiazole rings is 1. The standard InChI is InChI=1S/C14H18N6O2S/c1-10-11(23-9-16-10)2-3-12(21)19-4-6-20(7-5-19)14(22)13-15-8-17-18-13/h8-9H,2-7H2,1H3,(H,15,17,18). The minimum Gasteiger partial charge on any atom is -0.339 e. The summed E-state index contributed by atoms with van der Waals surface area (Å²) in [5.41, 5.74) is 2.81. The van der Waals surface area contributed by atoms with Gasteiger partial charge in [-0.3, -0.25) is 14.7 Å². The van der Waals surface area contributed by atoms with Crippen molar-refractivity contribution in [2.45, 2.75) is 19.8 Å². The molecule has 1 saturated heterocycles. The largest absolute Gasteiger partial charge is 0.339 e. The first-order valence-corrected chi connectivity index (χ1v) is 8.34. The van der Waals surface area contributed by atoms with E-state index in [0.717, 1.165) is 17.0 Å². The quantitative estimate of drug-likeness (QED) is 0.878. The van der Waals surface area contributed by atoms with Crippen molar-refractivity contribution in [3.8, 4) is 0 Å². The van der Waals surface area contributed by atoms with Crippen LogP contribution in [0.2, 0.25) is 0 Å². The summed E-state index contributed by atoms with van der Waals surface area (Å²) in [6.07, 6.45) is 2.53. The highest BCUT2D eigenvalue weighted by Crippen LogP contribution is 2.15. The summed E-state index contributed by atoms with van der Waals surface area (Å²) >= 11 is 1.59. The van der Waals surface area contributed by atoms with E-state index in [2.05, 4.69) is 20.2 Å². The van der Waals surface area contributed by atoms with Crippen LogP contribution in [0.4, 0.5) is 0 Å². The zero-order chi connectivity index (χ0) is 16.2. The van der Waals surface area contributed by atoms with Gasteiger partial charge in [-0.25, -0.2) is 9.97 Å². The molecule has 0 saturated carbocycles. The first-order valence-electron chi connectivity index (χ1n) is 7.46. The predicted octanol–water partition coefficient (Wildman–Crippen LogP) is 0.487. The Morgan fingerprint density at radius 2 is 1.96 bits per heavy atom. The molecule has 0 atom stereocenters. The van der Waals surface area contributed by atoms with Gasteiger partial charge < -0.3 is 9.80 Å². The van der Waals surface area contributed by atoms with Crippen LogP contribution in [0.15, 0.2) is 11.8 Å². The number of nitrogens with one attached hydrogen (secondary N) is 1. The molecule has 23 heavy (non-hydrogen) atoms. The number of piperazine rings is 1. The third-order valence-corrected chi connectivity index (χ3v) is 4.94. The molecule has 1 N–H and O–H groups in total. The molecule has 9 heteroatoms. The Hall–Kier alpha value is -2.29. The van der Waals surface area contributed by atoms with E-state index in [-0.39, 0.29) is 17.6 Å². The lowest BCUT2D eigenvalue weighted by Gasteiger charge is -2.34. The van der Waals surface area contributed by atoms with Gasteiger partial charge in [-0.05, 0) is 13.3 Å². The number of aryl methyl sites for hydroxylation is 2. The van der Waals surface area contributed by atoms with Crippen LogP contribution in [-0.2, 0) is 11.2 Å². The van der Waals surface area contributed by atoms with Gasteiger partial charge in [0.15, 0.2) is 0 Å². The molecule has 3 heterocycles. The van der Waals surface area contributed by atoms with Crippen molar-refractivity contribution >= 4 is 23.2 Å². The van der Waals surface area contributed by atoms with Crippen molar-refractivity contribution in [2.24, 2.45) is 0 Å². The lowest BCUT2D eigenvalue weighted by molar-refractivity contribution is -0.132. The van der Waals surface area contributed by atoms with Gasteiger partial charge in [0.2, 0.25) is 11.7 Å². The lowest BCUT2D eigenvalue weighted by atomic mass is 10.2. The summed E-state index contributed by atoms with van der Waals surface area (Å²) < 4.78 is 0. The van der Waals surface area contributed by atoms with Crippen molar-refractivity contribution < 1.29 is 9.59 Å². The van der Waals surface area contributed by atoms with Crippen LogP contribution in [0.1, 0.15) is 27.6 Å². The lowest BCUT2D eigenvalue weighted by Crippen LogP contribution is -2.50. The monoisotopic (exact) mass is 334 g/mol. The molecular formula is C14H18N6O2S. The number of hydrogen-bond donors (Lipinski definition) is 1. The van der Waals surface area contributed by atoms with Crippen LogP contribution in [0.3, 0.4) is 0 Å². The van der Waals surface area contributed by atoms with Crippen LogP contribution in [0, 0.1) is 6.92 Å². The van der Waals surface area contributed by atoms with Crippen LogP contribution in [0.5, 0.6) is 0 Å². The van der Waals surface area contributed by atoms with Gasteiger partial charge in [-0.1, -0.05) is 0 Å². The average molecular weight is 334 g/mol. The summed E-state index contributed by atoms with van der Waals surface area (Å²) in [5, 5.41) is 6.26. The molecule has 0 aromatic carbocycles. The van der Waals surface area contributed by atoms with E-state index in [1.54, 1.807) is 16.2 Å².